The van der Waals surface area contributed by atoms with Gasteiger partial charge in [-0.3, -0.25) is 0 Å². The van der Waals surface area contributed by atoms with Crippen molar-refractivity contribution in [2.45, 2.75) is 59.4 Å². The zero-order chi connectivity index (χ0) is 8.91. The first-order chi connectivity index (χ1) is 4.98. The molecule has 0 aromatic heterocycles. The normalized spacial score (nSPS) is 15.0. The van der Waals surface area contributed by atoms with Crippen molar-refractivity contribution in [3.8, 4) is 0 Å². The van der Waals surface area contributed by atoms with E-state index in [0.717, 1.165) is 0 Å². The van der Waals surface area contributed by atoms with E-state index in [1.165, 1.54) is 25.7 Å². The average molecular weight is 157 g/mol. The minimum atomic E-state index is 0.377. The second-order valence-electron chi connectivity index (χ2n) is 4.39. The summed E-state index contributed by atoms with van der Waals surface area (Å²) in [5.41, 5.74) is 6.19. The van der Waals surface area contributed by atoms with Crippen LogP contribution in [0.2, 0.25) is 0 Å². The van der Waals surface area contributed by atoms with Gasteiger partial charge in [0.2, 0.25) is 0 Å². The Hall–Kier alpha value is -0.0400. The maximum absolute atomic E-state index is 5.66. The molecule has 0 saturated carbocycles. The maximum atomic E-state index is 5.66. The molecule has 1 atom stereocenters. The van der Waals surface area contributed by atoms with E-state index in [9.17, 15) is 0 Å². The average Bonchev–Trinajstić information content (AvgIpc) is 1.87. The summed E-state index contributed by atoms with van der Waals surface area (Å²) in [6.45, 7) is 8.99. The molecule has 0 aliphatic heterocycles. The third kappa shape index (κ3) is 6.36. The summed E-state index contributed by atoms with van der Waals surface area (Å²) in [6, 6.07) is 0.377. The van der Waals surface area contributed by atoms with Crippen molar-refractivity contribution < 1.29 is 0 Å². The van der Waals surface area contributed by atoms with Crippen molar-refractivity contribution in [1.82, 2.24) is 0 Å². The highest BCUT2D eigenvalue weighted by Gasteiger charge is 2.13. The summed E-state index contributed by atoms with van der Waals surface area (Å²) in [6.07, 6.45) is 5.03. The molecule has 0 heterocycles. The molecule has 0 radical (unpaired) electrons. The molecular weight excluding hydrogens is 134 g/mol. The van der Waals surface area contributed by atoms with Crippen LogP contribution in [-0.4, -0.2) is 6.04 Å². The molecule has 11 heavy (non-hydrogen) atoms. The van der Waals surface area contributed by atoms with Crippen molar-refractivity contribution in [3.05, 3.63) is 0 Å². The topological polar surface area (TPSA) is 26.0 Å². The highest BCUT2D eigenvalue weighted by molar-refractivity contribution is 4.67. The van der Waals surface area contributed by atoms with Crippen LogP contribution in [0.3, 0.4) is 0 Å². The Balaban J connectivity index is 3.38. The molecule has 0 rings (SSSR count). The first-order valence-electron chi connectivity index (χ1n) is 4.73. The van der Waals surface area contributed by atoms with Gasteiger partial charge >= 0.3 is 0 Å². The summed E-state index contributed by atoms with van der Waals surface area (Å²) in [4.78, 5) is 0. The second kappa shape index (κ2) is 4.76. The van der Waals surface area contributed by atoms with Gasteiger partial charge in [0, 0.05) is 6.04 Å². The van der Waals surface area contributed by atoms with Crippen molar-refractivity contribution in [2.24, 2.45) is 11.1 Å². The minimum Gasteiger partial charge on any atom is -0.328 e. The molecule has 0 saturated heterocycles. The highest BCUT2D eigenvalue weighted by Crippen LogP contribution is 2.26. The minimum absolute atomic E-state index is 0.377. The van der Waals surface area contributed by atoms with Crippen LogP contribution in [-0.2, 0) is 0 Å². The third-order valence-corrected chi connectivity index (χ3v) is 2.47. The smallest absolute Gasteiger partial charge is 0.00104 e. The summed E-state index contributed by atoms with van der Waals surface area (Å²) >= 11 is 0. The van der Waals surface area contributed by atoms with Gasteiger partial charge in [-0.25, -0.2) is 0 Å². The van der Waals surface area contributed by atoms with Crippen LogP contribution in [0.4, 0.5) is 0 Å². The van der Waals surface area contributed by atoms with Crippen LogP contribution in [0.15, 0.2) is 0 Å². The van der Waals surface area contributed by atoms with E-state index in [0.29, 0.717) is 11.5 Å². The van der Waals surface area contributed by atoms with E-state index in [-0.39, 0.29) is 0 Å². The lowest BCUT2D eigenvalue weighted by Gasteiger charge is -2.22. The van der Waals surface area contributed by atoms with E-state index in [1.54, 1.807) is 0 Å². The predicted molar refractivity (Wildman–Crippen MR) is 51.6 cm³/mol. The lowest BCUT2D eigenvalue weighted by molar-refractivity contribution is 0.306. The van der Waals surface area contributed by atoms with Gasteiger partial charge in [-0.1, -0.05) is 33.6 Å². The van der Waals surface area contributed by atoms with Gasteiger partial charge in [0.25, 0.3) is 0 Å². The molecule has 0 aliphatic rings. The molecule has 2 N–H and O–H groups in total. The number of rotatable bonds is 5. The Morgan fingerprint density at radius 1 is 1.36 bits per heavy atom. The van der Waals surface area contributed by atoms with Crippen LogP contribution >= 0.6 is 0 Å². The van der Waals surface area contributed by atoms with E-state index < -0.39 is 0 Å². The fourth-order valence-corrected chi connectivity index (χ4v) is 1.08. The molecule has 0 spiro atoms. The molecule has 0 amide bonds. The van der Waals surface area contributed by atoms with Gasteiger partial charge in [-0.2, -0.15) is 0 Å². The molecule has 1 heteroatoms. The summed E-state index contributed by atoms with van der Waals surface area (Å²) < 4.78 is 0. The van der Waals surface area contributed by atoms with Crippen LogP contribution in [0.1, 0.15) is 53.4 Å². The Labute approximate surface area is 71.4 Å². The van der Waals surface area contributed by atoms with Crippen LogP contribution in [0, 0.1) is 5.41 Å². The van der Waals surface area contributed by atoms with Crippen molar-refractivity contribution in [3.63, 3.8) is 0 Å². The van der Waals surface area contributed by atoms with Gasteiger partial charge in [-0.15, -0.1) is 0 Å². The van der Waals surface area contributed by atoms with Crippen LogP contribution < -0.4 is 5.73 Å². The standard InChI is InChI=1S/C10H23N/c1-5-10(3,4)8-6-7-9(2)11/h9H,5-8,11H2,1-4H3. The second-order valence-corrected chi connectivity index (χ2v) is 4.39. The molecule has 1 unspecified atom stereocenters. The fraction of sp³-hybridized carbons (Fsp3) is 1.00. The Morgan fingerprint density at radius 3 is 2.27 bits per heavy atom. The number of nitrogens with two attached hydrogens (primary N) is 1. The highest BCUT2D eigenvalue weighted by atomic mass is 14.6. The Morgan fingerprint density at radius 2 is 1.91 bits per heavy atom. The van der Waals surface area contributed by atoms with Crippen LogP contribution in [0.5, 0.6) is 0 Å². The quantitative estimate of drug-likeness (QED) is 0.652. The zero-order valence-corrected chi connectivity index (χ0v) is 8.48. The third-order valence-electron chi connectivity index (χ3n) is 2.47. The maximum Gasteiger partial charge on any atom is 0.00104 e. The largest absolute Gasteiger partial charge is 0.328 e. The lowest BCUT2D eigenvalue weighted by atomic mass is 9.84. The molecule has 0 bridgehead atoms. The van der Waals surface area contributed by atoms with Gasteiger partial charge in [0.1, 0.15) is 0 Å². The zero-order valence-electron chi connectivity index (χ0n) is 8.48. The summed E-state index contributed by atoms with van der Waals surface area (Å²) in [5.74, 6) is 0. The van der Waals surface area contributed by atoms with Gasteiger partial charge < -0.3 is 5.73 Å². The van der Waals surface area contributed by atoms with Gasteiger partial charge in [-0.05, 0) is 25.2 Å². The molecule has 1 nitrogen and oxygen atoms in total. The van der Waals surface area contributed by atoms with Gasteiger partial charge in [0.05, 0.1) is 0 Å². The number of hydrogen-bond donors (Lipinski definition) is 1. The van der Waals surface area contributed by atoms with E-state index >= 15 is 0 Å². The summed E-state index contributed by atoms with van der Waals surface area (Å²) in [7, 11) is 0. The van der Waals surface area contributed by atoms with Crippen molar-refractivity contribution in [2.75, 3.05) is 0 Å². The fourth-order valence-electron chi connectivity index (χ4n) is 1.08. The Kier molecular flexibility index (Phi) is 4.74. The van der Waals surface area contributed by atoms with E-state index in [1.807, 2.05) is 0 Å². The van der Waals surface area contributed by atoms with E-state index in [2.05, 4.69) is 27.7 Å². The van der Waals surface area contributed by atoms with Crippen molar-refractivity contribution in [1.29, 1.82) is 0 Å². The Bertz CT molecular complexity index is 95.0. The SMILES string of the molecule is CCC(C)(C)CCCC(C)N. The molecule has 0 fully saturated rings. The molecular formula is C10H23N. The molecule has 0 aromatic carbocycles. The van der Waals surface area contributed by atoms with E-state index in [4.69, 9.17) is 5.73 Å². The summed E-state index contributed by atoms with van der Waals surface area (Å²) in [5, 5.41) is 0. The molecule has 68 valence electrons. The monoisotopic (exact) mass is 157 g/mol. The lowest BCUT2D eigenvalue weighted by Crippen LogP contribution is -2.16. The molecule has 0 aromatic rings. The first-order valence-corrected chi connectivity index (χ1v) is 4.73. The first kappa shape index (κ1) is 11.0. The number of hydrogen-bond acceptors (Lipinski definition) is 1. The van der Waals surface area contributed by atoms with Gasteiger partial charge in [0.15, 0.2) is 0 Å². The van der Waals surface area contributed by atoms with Crippen LogP contribution in [0.25, 0.3) is 0 Å². The molecule has 0 aliphatic carbocycles. The van der Waals surface area contributed by atoms with Crippen molar-refractivity contribution >= 4 is 0 Å². The predicted octanol–water partition coefficient (Wildman–Crippen LogP) is 2.94.